The predicted molar refractivity (Wildman–Crippen MR) is 73.6 cm³/mol. The van der Waals surface area contributed by atoms with E-state index < -0.39 is 0 Å². The number of rotatable bonds is 6. The highest BCUT2D eigenvalue weighted by Crippen LogP contribution is 2.48. The lowest BCUT2D eigenvalue weighted by atomic mass is 9.92. The van der Waals surface area contributed by atoms with Gasteiger partial charge < -0.3 is 10.6 Å². The first kappa shape index (κ1) is 13.1. The minimum absolute atomic E-state index is 0.143. The number of carbonyl (C=O) groups is 1. The molecule has 2 N–H and O–H groups in total. The van der Waals surface area contributed by atoms with E-state index in [1.54, 1.807) is 0 Å². The fourth-order valence-corrected chi connectivity index (χ4v) is 2.45. The number of hydrogen-bond acceptors (Lipinski definition) is 2. The van der Waals surface area contributed by atoms with Crippen molar-refractivity contribution >= 4 is 5.91 Å². The van der Waals surface area contributed by atoms with Crippen LogP contribution in [0.1, 0.15) is 30.4 Å². The molecule has 1 aliphatic carbocycles. The maximum atomic E-state index is 11.6. The molecule has 1 aliphatic rings. The Bertz CT molecular complexity index is 424. The third kappa shape index (κ3) is 2.91. The second-order valence-electron chi connectivity index (χ2n) is 5.23. The zero-order chi connectivity index (χ0) is 13.0. The van der Waals surface area contributed by atoms with Crippen LogP contribution in [0.4, 0.5) is 0 Å². The Kier molecular flexibility index (Phi) is 4.02. The van der Waals surface area contributed by atoms with Crippen molar-refractivity contribution in [1.29, 1.82) is 0 Å². The maximum Gasteiger partial charge on any atom is 0.221 e. The van der Waals surface area contributed by atoms with Crippen molar-refractivity contribution in [3.63, 3.8) is 0 Å². The van der Waals surface area contributed by atoms with Gasteiger partial charge in [0.1, 0.15) is 0 Å². The van der Waals surface area contributed by atoms with Crippen LogP contribution in [0, 0.1) is 6.92 Å². The zero-order valence-electron chi connectivity index (χ0n) is 11.3. The van der Waals surface area contributed by atoms with Crippen LogP contribution < -0.4 is 10.6 Å². The lowest BCUT2D eigenvalue weighted by Gasteiger charge is -2.18. The van der Waals surface area contributed by atoms with Gasteiger partial charge in [0.05, 0.1) is 0 Å². The van der Waals surface area contributed by atoms with Crippen LogP contribution in [-0.2, 0) is 10.2 Å². The summed E-state index contributed by atoms with van der Waals surface area (Å²) in [4.78, 5) is 11.6. The van der Waals surface area contributed by atoms with Gasteiger partial charge in [-0.05, 0) is 37.9 Å². The number of aryl methyl sites for hydroxylation is 1. The number of benzene rings is 1. The molecule has 1 aromatic carbocycles. The Labute approximate surface area is 109 Å². The minimum atomic E-state index is 0.143. The monoisotopic (exact) mass is 246 g/mol. The fraction of sp³-hybridized carbons (Fsp3) is 0.533. The van der Waals surface area contributed by atoms with Crippen molar-refractivity contribution in [3.05, 3.63) is 35.4 Å². The van der Waals surface area contributed by atoms with Gasteiger partial charge in [-0.15, -0.1) is 0 Å². The number of carbonyl (C=O) groups excluding carboxylic acids is 1. The normalized spacial score (nSPS) is 16.3. The van der Waals surface area contributed by atoms with Gasteiger partial charge in [0.25, 0.3) is 0 Å². The van der Waals surface area contributed by atoms with Gasteiger partial charge in [0.15, 0.2) is 0 Å². The highest BCUT2D eigenvalue weighted by Gasteiger charge is 2.44. The van der Waals surface area contributed by atoms with E-state index in [4.69, 9.17) is 0 Å². The van der Waals surface area contributed by atoms with Crippen LogP contribution in [0.25, 0.3) is 0 Å². The molecular formula is C15H22N2O. The van der Waals surface area contributed by atoms with Crippen molar-refractivity contribution in [2.75, 3.05) is 20.1 Å². The SMILES string of the molecule is CNCCC(=O)NCC1(c2ccccc2C)CC1. The summed E-state index contributed by atoms with van der Waals surface area (Å²) in [5, 5.41) is 6.06. The highest BCUT2D eigenvalue weighted by atomic mass is 16.1. The molecule has 1 aromatic rings. The zero-order valence-corrected chi connectivity index (χ0v) is 11.3. The van der Waals surface area contributed by atoms with E-state index in [1.807, 2.05) is 7.05 Å². The fourth-order valence-electron chi connectivity index (χ4n) is 2.45. The molecule has 1 amide bonds. The van der Waals surface area contributed by atoms with Gasteiger partial charge in [0.2, 0.25) is 5.91 Å². The van der Waals surface area contributed by atoms with Crippen molar-refractivity contribution in [1.82, 2.24) is 10.6 Å². The van der Waals surface area contributed by atoms with Crippen LogP contribution in [0.3, 0.4) is 0 Å². The van der Waals surface area contributed by atoms with Crippen LogP contribution in [0.15, 0.2) is 24.3 Å². The lowest BCUT2D eigenvalue weighted by molar-refractivity contribution is -0.121. The van der Waals surface area contributed by atoms with E-state index in [9.17, 15) is 4.79 Å². The summed E-state index contributed by atoms with van der Waals surface area (Å²) in [5.41, 5.74) is 2.94. The first-order valence-corrected chi connectivity index (χ1v) is 6.65. The lowest BCUT2D eigenvalue weighted by Crippen LogP contribution is -2.33. The minimum Gasteiger partial charge on any atom is -0.355 e. The number of nitrogens with one attached hydrogen (secondary N) is 2. The summed E-state index contributed by atoms with van der Waals surface area (Å²) in [6.07, 6.45) is 2.93. The molecule has 2 rings (SSSR count). The first-order valence-electron chi connectivity index (χ1n) is 6.65. The van der Waals surface area contributed by atoms with E-state index >= 15 is 0 Å². The molecule has 3 heteroatoms. The molecule has 0 atom stereocenters. The van der Waals surface area contributed by atoms with Gasteiger partial charge in [-0.3, -0.25) is 4.79 Å². The standard InChI is InChI=1S/C15H22N2O/c1-12-5-3-4-6-13(12)15(8-9-15)11-17-14(18)7-10-16-2/h3-6,16H,7-11H2,1-2H3,(H,17,18). The van der Waals surface area contributed by atoms with Crippen LogP contribution >= 0.6 is 0 Å². The van der Waals surface area contributed by atoms with Gasteiger partial charge in [-0.25, -0.2) is 0 Å². The summed E-state index contributed by atoms with van der Waals surface area (Å²) in [5.74, 6) is 0.143. The quantitative estimate of drug-likeness (QED) is 0.803. The van der Waals surface area contributed by atoms with Crippen molar-refractivity contribution in [3.8, 4) is 0 Å². The highest BCUT2D eigenvalue weighted by molar-refractivity contribution is 5.76. The number of amides is 1. The molecule has 1 fully saturated rings. The van der Waals surface area contributed by atoms with Crippen molar-refractivity contribution in [2.45, 2.75) is 31.6 Å². The van der Waals surface area contributed by atoms with Gasteiger partial charge >= 0.3 is 0 Å². The molecule has 0 spiro atoms. The summed E-state index contributed by atoms with van der Waals surface area (Å²) in [6, 6.07) is 8.51. The Morgan fingerprint density at radius 3 is 2.67 bits per heavy atom. The van der Waals surface area contributed by atoms with Crippen molar-refractivity contribution in [2.24, 2.45) is 0 Å². The summed E-state index contributed by atoms with van der Waals surface area (Å²) < 4.78 is 0. The second-order valence-corrected chi connectivity index (χ2v) is 5.23. The van der Waals surface area contributed by atoms with E-state index in [2.05, 4.69) is 41.8 Å². The molecular weight excluding hydrogens is 224 g/mol. The Balaban J connectivity index is 1.93. The smallest absolute Gasteiger partial charge is 0.221 e. The first-order chi connectivity index (χ1) is 8.68. The Hall–Kier alpha value is -1.35. The third-order valence-corrected chi connectivity index (χ3v) is 3.80. The predicted octanol–water partition coefficient (Wildman–Crippen LogP) is 1.75. The molecule has 98 valence electrons. The molecule has 3 nitrogen and oxygen atoms in total. The summed E-state index contributed by atoms with van der Waals surface area (Å²) in [7, 11) is 1.86. The van der Waals surface area contributed by atoms with Gasteiger partial charge in [0, 0.05) is 24.9 Å². The van der Waals surface area contributed by atoms with E-state index in [0.717, 1.165) is 13.1 Å². The molecule has 0 aromatic heterocycles. The Morgan fingerprint density at radius 2 is 2.06 bits per heavy atom. The molecule has 0 bridgehead atoms. The summed E-state index contributed by atoms with van der Waals surface area (Å²) >= 11 is 0. The van der Waals surface area contributed by atoms with E-state index in [1.165, 1.54) is 24.0 Å². The van der Waals surface area contributed by atoms with Gasteiger partial charge in [-0.1, -0.05) is 24.3 Å². The largest absolute Gasteiger partial charge is 0.355 e. The molecule has 1 saturated carbocycles. The van der Waals surface area contributed by atoms with E-state index in [-0.39, 0.29) is 11.3 Å². The third-order valence-electron chi connectivity index (χ3n) is 3.80. The van der Waals surface area contributed by atoms with Crippen LogP contribution in [0.2, 0.25) is 0 Å². The molecule has 18 heavy (non-hydrogen) atoms. The molecule has 0 saturated heterocycles. The van der Waals surface area contributed by atoms with E-state index in [0.29, 0.717) is 6.42 Å². The van der Waals surface area contributed by atoms with Crippen molar-refractivity contribution < 1.29 is 4.79 Å². The maximum absolute atomic E-state index is 11.6. The molecule has 0 heterocycles. The van der Waals surface area contributed by atoms with Crippen LogP contribution in [0.5, 0.6) is 0 Å². The number of hydrogen-bond donors (Lipinski definition) is 2. The Morgan fingerprint density at radius 1 is 1.33 bits per heavy atom. The summed E-state index contributed by atoms with van der Waals surface area (Å²) in [6.45, 7) is 3.67. The molecule has 0 aliphatic heterocycles. The van der Waals surface area contributed by atoms with Gasteiger partial charge in [-0.2, -0.15) is 0 Å². The average molecular weight is 246 g/mol. The average Bonchev–Trinajstić information content (AvgIpc) is 3.15. The molecule has 0 unspecified atom stereocenters. The second kappa shape index (κ2) is 5.53. The topological polar surface area (TPSA) is 41.1 Å². The molecule has 0 radical (unpaired) electrons. The van der Waals surface area contributed by atoms with Crippen LogP contribution in [-0.4, -0.2) is 26.0 Å².